The second-order valence-corrected chi connectivity index (χ2v) is 6.27. The molecule has 9 nitrogen and oxygen atoms in total. The Morgan fingerprint density at radius 1 is 1.26 bits per heavy atom. The Morgan fingerprint density at radius 2 is 1.96 bits per heavy atom. The first kappa shape index (κ1) is 20.9. The van der Waals surface area contributed by atoms with Gasteiger partial charge in [0.1, 0.15) is 11.5 Å². The van der Waals surface area contributed by atoms with Crippen LogP contribution in [0.2, 0.25) is 0 Å². The number of hydrogen-bond acceptors (Lipinski definition) is 7. The van der Waals surface area contributed by atoms with E-state index in [9.17, 15) is 4.79 Å². The van der Waals surface area contributed by atoms with Crippen molar-refractivity contribution < 1.29 is 14.3 Å². The molecule has 1 aromatic carbocycles. The highest BCUT2D eigenvalue weighted by Gasteiger charge is 2.25. The zero-order valence-corrected chi connectivity index (χ0v) is 16.5. The predicted octanol–water partition coefficient (Wildman–Crippen LogP) is 1.20. The van der Waals surface area contributed by atoms with Crippen LogP contribution >= 0.6 is 12.4 Å². The molecule has 0 spiro atoms. The minimum absolute atomic E-state index is 0. The van der Waals surface area contributed by atoms with Crippen molar-refractivity contribution in [3.8, 4) is 17.2 Å². The average molecular weight is 397 g/mol. The normalized spacial score (nSPS) is 16.3. The number of halogens is 1. The van der Waals surface area contributed by atoms with Gasteiger partial charge < -0.3 is 19.7 Å². The first-order valence-corrected chi connectivity index (χ1v) is 8.61. The van der Waals surface area contributed by atoms with E-state index in [0.29, 0.717) is 29.6 Å². The molecule has 1 aliphatic heterocycles. The van der Waals surface area contributed by atoms with Gasteiger partial charge in [-0.1, -0.05) is 6.42 Å². The fourth-order valence-corrected chi connectivity index (χ4v) is 3.04. The average Bonchev–Trinajstić information content (AvgIpc) is 3.15. The quantitative estimate of drug-likeness (QED) is 0.783. The summed E-state index contributed by atoms with van der Waals surface area (Å²) >= 11 is 0. The van der Waals surface area contributed by atoms with Crippen LogP contribution in [-0.2, 0) is 11.3 Å². The number of aromatic nitrogens is 4. The van der Waals surface area contributed by atoms with Gasteiger partial charge in [-0.15, -0.1) is 17.5 Å². The molecule has 1 atom stereocenters. The van der Waals surface area contributed by atoms with Gasteiger partial charge >= 0.3 is 0 Å². The molecule has 0 saturated carbocycles. The summed E-state index contributed by atoms with van der Waals surface area (Å²) in [4.78, 5) is 14.3. The number of methoxy groups -OCH3 is 2. The van der Waals surface area contributed by atoms with Crippen molar-refractivity contribution in [3.63, 3.8) is 0 Å². The molecule has 3 rings (SSSR count). The maximum atomic E-state index is 12.6. The molecule has 2 heterocycles. The fourth-order valence-electron chi connectivity index (χ4n) is 3.04. The van der Waals surface area contributed by atoms with Crippen molar-refractivity contribution in [1.29, 1.82) is 0 Å². The summed E-state index contributed by atoms with van der Waals surface area (Å²) < 4.78 is 12.2. The molecule has 0 aliphatic carbocycles. The van der Waals surface area contributed by atoms with E-state index in [1.54, 1.807) is 36.9 Å². The minimum Gasteiger partial charge on any atom is -0.497 e. The van der Waals surface area contributed by atoms with Crippen LogP contribution in [0.25, 0.3) is 5.69 Å². The summed E-state index contributed by atoms with van der Waals surface area (Å²) in [5.74, 6) is 1.89. The lowest BCUT2D eigenvalue weighted by molar-refractivity contribution is -0.133. The molecular formula is C17H25ClN6O3. The first-order valence-electron chi connectivity index (χ1n) is 8.61. The lowest BCUT2D eigenvalue weighted by Crippen LogP contribution is -2.47. The standard InChI is InChI=1S/C17H24N6O3.ClH/c1-22(17(24)15-6-4-5-7-18-15)11-16-19-20-21-23(16)12-8-13(25-2)10-14(9-12)26-3;/h8-10,15,18H,4-7,11H2,1-3H3;1H. The molecule has 1 aromatic heterocycles. The number of carbonyl (C=O) groups is 1. The van der Waals surface area contributed by atoms with Gasteiger partial charge in [-0.25, -0.2) is 0 Å². The van der Waals surface area contributed by atoms with Crippen LogP contribution < -0.4 is 14.8 Å². The highest BCUT2D eigenvalue weighted by molar-refractivity contribution is 5.85. The Bertz CT molecular complexity index is 741. The van der Waals surface area contributed by atoms with Gasteiger partial charge in [0.25, 0.3) is 0 Å². The number of hydrogen-bond donors (Lipinski definition) is 1. The van der Waals surface area contributed by atoms with Crippen LogP contribution in [0.5, 0.6) is 11.5 Å². The third-order valence-electron chi connectivity index (χ3n) is 4.48. The van der Waals surface area contributed by atoms with Crippen LogP contribution in [-0.4, -0.2) is 64.9 Å². The zero-order valence-electron chi connectivity index (χ0n) is 15.7. The minimum atomic E-state index is -0.130. The van der Waals surface area contributed by atoms with Gasteiger partial charge in [0, 0.05) is 25.2 Å². The monoisotopic (exact) mass is 396 g/mol. The third kappa shape index (κ3) is 4.86. The van der Waals surface area contributed by atoms with Crippen LogP contribution in [0.4, 0.5) is 0 Å². The molecule has 0 bridgehead atoms. The summed E-state index contributed by atoms with van der Waals surface area (Å²) in [7, 11) is 4.94. The molecule has 10 heteroatoms. The summed E-state index contributed by atoms with van der Waals surface area (Å²) in [6.07, 6.45) is 3.04. The van der Waals surface area contributed by atoms with Crippen LogP contribution in [0.1, 0.15) is 25.1 Å². The number of nitrogens with one attached hydrogen (secondary N) is 1. The number of likely N-dealkylation sites (N-methyl/N-ethyl adjacent to an activating group) is 1. The largest absolute Gasteiger partial charge is 0.497 e. The molecule has 1 fully saturated rings. The topological polar surface area (TPSA) is 94.4 Å². The molecule has 1 aliphatic rings. The number of carbonyl (C=O) groups excluding carboxylic acids is 1. The first-order chi connectivity index (χ1) is 12.6. The number of ether oxygens (including phenoxy) is 2. The number of benzene rings is 1. The Morgan fingerprint density at radius 3 is 2.56 bits per heavy atom. The Kier molecular flexibility index (Phi) is 7.37. The molecule has 1 saturated heterocycles. The maximum Gasteiger partial charge on any atom is 0.239 e. The number of nitrogens with zero attached hydrogens (tertiary/aromatic N) is 5. The zero-order chi connectivity index (χ0) is 18.5. The molecule has 1 amide bonds. The number of tetrazole rings is 1. The molecule has 0 radical (unpaired) electrons. The lowest BCUT2D eigenvalue weighted by atomic mass is 10.0. The van der Waals surface area contributed by atoms with E-state index in [1.807, 2.05) is 12.1 Å². The van der Waals surface area contributed by atoms with E-state index in [2.05, 4.69) is 20.8 Å². The van der Waals surface area contributed by atoms with Crippen molar-refractivity contribution in [3.05, 3.63) is 24.0 Å². The molecule has 27 heavy (non-hydrogen) atoms. The summed E-state index contributed by atoms with van der Waals surface area (Å²) in [5, 5.41) is 15.2. The SMILES string of the molecule is COc1cc(OC)cc(-n2nnnc2CN(C)C(=O)C2CCCCN2)c1.Cl. The Balaban J connectivity index is 0.00000261. The summed E-state index contributed by atoms with van der Waals surface area (Å²) in [6.45, 7) is 1.19. The highest BCUT2D eigenvalue weighted by atomic mass is 35.5. The van der Waals surface area contributed by atoms with E-state index in [4.69, 9.17) is 9.47 Å². The van der Waals surface area contributed by atoms with E-state index in [0.717, 1.165) is 25.8 Å². The lowest BCUT2D eigenvalue weighted by Gasteiger charge is -2.27. The second kappa shape index (κ2) is 9.52. The molecule has 148 valence electrons. The van der Waals surface area contributed by atoms with Gasteiger partial charge in [-0.05, 0) is 29.8 Å². The number of piperidine rings is 1. The van der Waals surface area contributed by atoms with Crippen molar-refractivity contribution in [2.75, 3.05) is 27.8 Å². The summed E-state index contributed by atoms with van der Waals surface area (Å²) in [6, 6.07) is 5.27. The number of amides is 1. The van der Waals surface area contributed by atoms with Crippen LogP contribution in [0.15, 0.2) is 18.2 Å². The van der Waals surface area contributed by atoms with Crippen LogP contribution in [0, 0.1) is 0 Å². The maximum absolute atomic E-state index is 12.6. The van der Waals surface area contributed by atoms with E-state index >= 15 is 0 Å². The predicted molar refractivity (Wildman–Crippen MR) is 102 cm³/mol. The van der Waals surface area contributed by atoms with Crippen molar-refractivity contribution >= 4 is 18.3 Å². The molecular weight excluding hydrogens is 372 g/mol. The van der Waals surface area contributed by atoms with Crippen molar-refractivity contribution in [1.82, 2.24) is 30.4 Å². The molecule has 1 unspecified atom stereocenters. The third-order valence-corrected chi connectivity index (χ3v) is 4.48. The van der Waals surface area contributed by atoms with Gasteiger partial charge in [-0.2, -0.15) is 4.68 Å². The van der Waals surface area contributed by atoms with Gasteiger partial charge in [0.05, 0.1) is 32.5 Å². The van der Waals surface area contributed by atoms with Crippen molar-refractivity contribution in [2.24, 2.45) is 0 Å². The van der Waals surface area contributed by atoms with E-state index < -0.39 is 0 Å². The van der Waals surface area contributed by atoms with Crippen molar-refractivity contribution in [2.45, 2.75) is 31.8 Å². The molecule has 2 aromatic rings. The smallest absolute Gasteiger partial charge is 0.239 e. The van der Waals surface area contributed by atoms with Crippen LogP contribution in [0.3, 0.4) is 0 Å². The Labute approximate surface area is 164 Å². The van der Waals surface area contributed by atoms with Gasteiger partial charge in [0.2, 0.25) is 5.91 Å². The second-order valence-electron chi connectivity index (χ2n) is 6.27. The van der Waals surface area contributed by atoms with Gasteiger partial charge in [0.15, 0.2) is 5.82 Å². The highest BCUT2D eigenvalue weighted by Crippen LogP contribution is 2.25. The van der Waals surface area contributed by atoms with E-state index in [1.165, 1.54) is 0 Å². The fraction of sp³-hybridized carbons (Fsp3) is 0.529. The van der Waals surface area contributed by atoms with E-state index in [-0.39, 0.29) is 24.4 Å². The van der Waals surface area contributed by atoms with Gasteiger partial charge in [-0.3, -0.25) is 4.79 Å². The number of rotatable bonds is 6. The Hall–Kier alpha value is -2.39. The summed E-state index contributed by atoms with van der Waals surface area (Å²) in [5.41, 5.74) is 0.706. The molecule has 1 N–H and O–H groups in total.